The molecule has 1 fully saturated rings. The quantitative estimate of drug-likeness (QED) is 0.418. The summed E-state index contributed by atoms with van der Waals surface area (Å²) in [6.07, 6.45) is 1.68. The minimum atomic E-state index is -0.555. The minimum Gasteiger partial charge on any atom is -0.318 e. The smallest absolute Gasteiger partial charge is 0.318 e. The van der Waals surface area contributed by atoms with Crippen LogP contribution >= 0.6 is 0 Å². The van der Waals surface area contributed by atoms with E-state index in [4.69, 9.17) is 0 Å². The van der Waals surface area contributed by atoms with Gasteiger partial charge in [-0.05, 0) is 60.7 Å². The second-order valence-electron chi connectivity index (χ2n) is 9.43. The highest BCUT2D eigenvalue weighted by Gasteiger charge is 2.34. The van der Waals surface area contributed by atoms with Crippen LogP contribution in [-0.4, -0.2) is 21.4 Å². The summed E-state index contributed by atoms with van der Waals surface area (Å²) < 4.78 is 16.1. The molecule has 1 aromatic heterocycles. The maximum atomic E-state index is 14.0. The van der Waals surface area contributed by atoms with Crippen molar-refractivity contribution in [1.29, 1.82) is 0 Å². The molecule has 3 amide bonds. The molecule has 2 heterocycles. The lowest BCUT2D eigenvalue weighted by atomic mass is 9.87. The Morgan fingerprint density at radius 3 is 2.30 bits per heavy atom. The molecule has 1 N–H and O–H groups in total. The number of nitrogens with zero attached hydrogens (tertiary/aromatic N) is 2. The SMILES string of the molecule is Cc1cc(/C=C2\NC(=O)N(Cc3ccccc3F)C2=O)c(C)n1-c1ccc(C(C)(C)C)cc1. The molecule has 0 radical (unpaired) electrons. The Labute approximate surface area is 193 Å². The van der Waals surface area contributed by atoms with Gasteiger partial charge in [-0.3, -0.25) is 9.69 Å². The number of amides is 3. The van der Waals surface area contributed by atoms with Gasteiger partial charge < -0.3 is 9.88 Å². The van der Waals surface area contributed by atoms with Crippen LogP contribution in [0, 0.1) is 19.7 Å². The van der Waals surface area contributed by atoms with E-state index in [-0.39, 0.29) is 17.7 Å². The summed E-state index contributed by atoms with van der Waals surface area (Å²) in [5.74, 6) is -0.917. The van der Waals surface area contributed by atoms with E-state index in [1.807, 2.05) is 19.9 Å². The lowest BCUT2D eigenvalue weighted by Crippen LogP contribution is -2.30. The predicted octanol–water partition coefficient (Wildman–Crippen LogP) is 5.62. The molecule has 5 nitrogen and oxygen atoms in total. The van der Waals surface area contributed by atoms with Crippen LogP contribution in [0.1, 0.15) is 48.8 Å². The first-order valence-corrected chi connectivity index (χ1v) is 10.9. The summed E-state index contributed by atoms with van der Waals surface area (Å²) in [4.78, 5) is 26.3. The average molecular weight is 446 g/mol. The first-order valence-electron chi connectivity index (χ1n) is 10.9. The number of carbonyl (C=O) groups is 2. The summed E-state index contributed by atoms with van der Waals surface area (Å²) in [7, 11) is 0. The van der Waals surface area contributed by atoms with Crippen LogP contribution in [-0.2, 0) is 16.8 Å². The van der Waals surface area contributed by atoms with E-state index in [0.29, 0.717) is 5.56 Å². The van der Waals surface area contributed by atoms with Gasteiger partial charge in [0.15, 0.2) is 0 Å². The van der Waals surface area contributed by atoms with Crippen molar-refractivity contribution < 1.29 is 14.0 Å². The van der Waals surface area contributed by atoms with Crippen LogP contribution in [0.2, 0.25) is 0 Å². The van der Waals surface area contributed by atoms with E-state index < -0.39 is 17.8 Å². The van der Waals surface area contributed by atoms with Crippen LogP contribution in [0.15, 0.2) is 60.3 Å². The summed E-state index contributed by atoms with van der Waals surface area (Å²) in [6.45, 7) is 10.4. The molecule has 33 heavy (non-hydrogen) atoms. The molecule has 0 spiro atoms. The number of imide groups is 1. The Bertz CT molecular complexity index is 1260. The van der Waals surface area contributed by atoms with Gasteiger partial charge in [-0.15, -0.1) is 0 Å². The van der Waals surface area contributed by atoms with Gasteiger partial charge in [0.2, 0.25) is 0 Å². The summed E-state index contributed by atoms with van der Waals surface area (Å²) >= 11 is 0. The van der Waals surface area contributed by atoms with E-state index in [1.165, 1.54) is 11.6 Å². The van der Waals surface area contributed by atoms with Crippen LogP contribution in [0.5, 0.6) is 0 Å². The number of benzene rings is 2. The largest absolute Gasteiger partial charge is 0.329 e. The second kappa shape index (κ2) is 8.35. The molecule has 1 aliphatic heterocycles. The summed E-state index contributed by atoms with van der Waals surface area (Å²) in [5, 5.41) is 2.63. The zero-order valence-corrected chi connectivity index (χ0v) is 19.6. The molecule has 2 aromatic carbocycles. The van der Waals surface area contributed by atoms with Gasteiger partial charge in [-0.25, -0.2) is 9.18 Å². The highest BCUT2D eigenvalue weighted by molar-refractivity contribution is 6.14. The number of rotatable bonds is 4. The zero-order valence-electron chi connectivity index (χ0n) is 19.6. The van der Waals surface area contributed by atoms with Gasteiger partial charge in [-0.2, -0.15) is 0 Å². The fourth-order valence-electron chi connectivity index (χ4n) is 4.11. The lowest BCUT2D eigenvalue weighted by Gasteiger charge is -2.20. The number of urea groups is 1. The molecule has 0 aliphatic carbocycles. The van der Waals surface area contributed by atoms with Crippen molar-refractivity contribution >= 4 is 18.0 Å². The summed E-state index contributed by atoms with van der Waals surface area (Å²) in [5.41, 5.74) is 5.64. The molecule has 0 atom stereocenters. The fourth-order valence-corrected chi connectivity index (χ4v) is 4.11. The standard InChI is InChI=1S/C27H28FN3O2/c1-17-14-20(18(2)31(17)22-12-10-21(11-13-22)27(3,4)5)15-24-25(32)30(26(33)29-24)16-19-8-6-7-9-23(19)28/h6-15H,16H2,1-5H3,(H,29,33)/b24-15-. The number of aryl methyl sites for hydroxylation is 1. The first kappa shape index (κ1) is 22.5. The molecular weight excluding hydrogens is 417 g/mol. The van der Waals surface area contributed by atoms with Gasteiger partial charge in [0.1, 0.15) is 11.5 Å². The highest BCUT2D eigenvalue weighted by atomic mass is 19.1. The van der Waals surface area contributed by atoms with Crippen molar-refractivity contribution in [3.05, 3.63) is 94.2 Å². The molecule has 0 saturated carbocycles. The third-order valence-electron chi connectivity index (χ3n) is 6.01. The van der Waals surface area contributed by atoms with E-state index in [0.717, 1.165) is 27.5 Å². The number of nitrogens with one attached hydrogen (secondary N) is 1. The molecule has 1 saturated heterocycles. The fraction of sp³-hybridized carbons (Fsp3) is 0.259. The molecule has 0 unspecified atom stereocenters. The van der Waals surface area contributed by atoms with Gasteiger partial charge in [0.05, 0.1) is 6.54 Å². The minimum absolute atomic E-state index is 0.0739. The average Bonchev–Trinajstić information content (AvgIpc) is 3.18. The Morgan fingerprint density at radius 2 is 1.67 bits per heavy atom. The predicted molar refractivity (Wildman–Crippen MR) is 127 cm³/mol. The van der Waals surface area contributed by atoms with Gasteiger partial charge in [0.25, 0.3) is 5.91 Å². The number of carbonyl (C=O) groups excluding carboxylic acids is 2. The Hall–Kier alpha value is -3.67. The lowest BCUT2D eigenvalue weighted by molar-refractivity contribution is -0.123. The van der Waals surface area contributed by atoms with E-state index in [9.17, 15) is 14.0 Å². The third kappa shape index (κ3) is 4.33. The van der Waals surface area contributed by atoms with Crippen LogP contribution in [0.4, 0.5) is 9.18 Å². The second-order valence-corrected chi connectivity index (χ2v) is 9.43. The maximum Gasteiger partial charge on any atom is 0.329 e. The molecule has 6 heteroatoms. The molecule has 1 aliphatic rings. The van der Waals surface area contributed by atoms with Crippen LogP contribution in [0.25, 0.3) is 11.8 Å². The monoisotopic (exact) mass is 445 g/mol. The van der Waals surface area contributed by atoms with Crippen molar-refractivity contribution in [2.45, 2.75) is 46.6 Å². The summed E-state index contributed by atoms with van der Waals surface area (Å²) in [6, 6.07) is 16.0. The van der Waals surface area contributed by atoms with Crippen molar-refractivity contribution in [2.75, 3.05) is 0 Å². The zero-order chi connectivity index (χ0) is 23.9. The van der Waals surface area contributed by atoms with Gasteiger partial charge in [-0.1, -0.05) is 51.1 Å². The van der Waals surface area contributed by atoms with Crippen LogP contribution in [0.3, 0.4) is 0 Å². The molecular formula is C27H28FN3O2. The van der Waals surface area contributed by atoms with Crippen LogP contribution < -0.4 is 5.32 Å². The normalized spacial score (nSPS) is 15.5. The highest BCUT2D eigenvalue weighted by Crippen LogP contribution is 2.27. The number of hydrogen-bond donors (Lipinski definition) is 1. The number of halogens is 1. The van der Waals surface area contributed by atoms with E-state index in [1.54, 1.807) is 24.3 Å². The Balaban J connectivity index is 1.62. The van der Waals surface area contributed by atoms with E-state index >= 15 is 0 Å². The Kier molecular flexibility index (Phi) is 5.70. The molecule has 4 rings (SSSR count). The number of hydrogen-bond acceptors (Lipinski definition) is 2. The number of aromatic nitrogens is 1. The first-order chi connectivity index (χ1) is 15.6. The third-order valence-corrected chi connectivity index (χ3v) is 6.01. The maximum absolute atomic E-state index is 14.0. The van der Waals surface area contributed by atoms with Crippen molar-refractivity contribution in [1.82, 2.24) is 14.8 Å². The van der Waals surface area contributed by atoms with Crippen molar-refractivity contribution in [2.24, 2.45) is 0 Å². The Morgan fingerprint density at radius 1 is 1.00 bits per heavy atom. The van der Waals surface area contributed by atoms with E-state index in [2.05, 4.69) is 54.9 Å². The van der Waals surface area contributed by atoms with Crippen molar-refractivity contribution in [3.63, 3.8) is 0 Å². The topological polar surface area (TPSA) is 54.3 Å². The van der Waals surface area contributed by atoms with Gasteiger partial charge >= 0.3 is 6.03 Å². The molecule has 3 aromatic rings. The van der Waals surface area contributed by atoms with Crippen molar-refractivity contribution in [3.8, 4) is 5.69 Å². The molecule has 170 valence electrons. The van der Waals surface area contributed by atoms with Gasteiger partial charge in [0, 0.05) is 22.6 Å². The molecule has 0 bridgehead atoms.